The van der Waals surface area contributed by atoms with Crippen molar-refractivity contribution in [3.63, 3.8) is 0 Å². The van der Waals surface area contributed by atoms with Crippen molar-refractivity contribution in [3.8, 4) is 5.69 Å². The van der Waals surface area contributed by atoms with Crippen molar-refractivity contribution >= 4 is 5.91 Å². The molecule has 1 atom stereocenters. The number of piperidine rings is 1. The van der Waals surface area contributed by atoms with Crippen molar-refractivity contribution in [1.29, 1.82) is 0 Å². The highest BCUT2D eigenvalue weighted by molar-refractivity contribution is 5.98. The molecule has 2 aromatic rings. The molecule has 0 saturated carbocycles. The lowest BCUT2D eigenvalue weighted by molar-refractivity contribution is 0.0295. The van der Waals surface area contributed by atoms with Gasteiger partial charge in [-0.15, -0.1) is 0 Å². The number of carbonyl (C=O) groups is 1. The molecule has 27 heavy (non-hydrogen) atoms. The van der Waals surface area contributed by atoms with Gasteiger partial charge in [-0.25, -0.2) is 9.67 Å². The molecule has 0 N–H and O–H groups in total. The molecule has 2 fully saturated rings. The fourth-order valence-corrected chi connectivity index (χ4v) is 4.07. The van der Waals surface area contributed by atoms with Crippen molar-refractivity contribution in [1.82, 2.24) is 24.6 Å². The molecule has 0 spiro atoms. The Hall–Kier alpha value is -2.25. The van der Waals surface area contributed by atoms with Crippen LogP contribution in [0.4, 0.5) is 0 Å². The average molecular weight is 369 g/mol. The topological polar surface area (TPSA) is 63.5 Å². The predicted molar refractivity (Wildman–Crippen MR) is 102 cm³/mol. The van der Waals surface area contributed by atoms with E-state index >= 15 is 0 Å². The van der Waals surface area contributed by atoms with Crippen LogP contribution in [-0.4, -0.2) is 75.9 Å². The van der Waals surface area contributed by atoms with Gasteiger partial charge in [-0.3, -0.25) is 9.69 Å². The Morgan fingerprint density at radius 3 is 2.81 bits per heavy atom. The summed E-state index contributed by atoms with van der Waals surface area (Å²) in [5, 5.41) is 4.21. The van der Waals surface area contributed by atoms with Gasteiger partial charge in [0.25, 0.3) is 5.91 Å². The highest BCUT2D eigenvalue weighted by atomic mass is 16.5. The molecule has 1 amide bonds. The molecule has 1 aromatic carbocycles. The third kappa shape index (κ3) is 4.20. The SMILES string of the molecule is O=C(c1ccccc1-n1cncn1)N1CCCC[C@@H]1CCN1CCOCC1. The number of carbonyl (C=O) groups excluding carboxylic acids is 1. The quantitative estimate of drug-likeness (QED) is 0.806. The minimum absolute atomic E-state index is 0.104. The lowest BCUT2D eigenvalue weighted by Gasteiger charge is -2.38. The van der Waals surface area contributed by atoms with E-state index in [0.717, 1.165) is 64.3 Å². The predicted octanol–water partition coefficient (Wildman–Crippen LogP) is 1.98. The van der Waals surface area contributed by atoms with Crippen molar-refractivity contribution in [2.45, 2.75) is 31.7 Å². The van der Waals surface area contributed by atoms with Crippen molar-refractivity contribution < 1.29 is 9.53 Å². The van der Waals surface area contributed by atoms with E-state index in [1.165, 1.54) is 12.7 Å². The summed E-state index contributed by atoms with van der Waals surface area (Å²) in [5.41, 5.74) is 1.48. The van der Waals surface area contributed by atoms with E-state index in [0.29, 0.717) is 11.6 Å². The standard InChI is InChI=1S/C20H27N5O2/c26-20(18-6-1-2-7-19(18)25-16-21-15-22-25)24-9-4-3-5-17(24)8-10-23-11-13-27-14-12-23/h1-2,6-7,15-17H,3-5,8-14H2/t17-/m1/s1. The number of benzene rings is 1. The Bertz CT molecular complexity index is 743. The zero-order valence-corrected chi connectivity index (χ0v) is 15.7. The smallest absolute Gasteiger partial charge is 0.256 e. The van der Waals surface area contributed by atoms with Gasteiger partial charge >= 0.3 is 0 Å². The molecule has 1 aromatic heterocycles. The summed E-state index contributed by atoms with van der Waals surface area (Å²) >= 11 is 0. The summed E-state index contributed by atoms with van der Waals surface area (Å²) < 4.78 is 7.10. The summed E-state index contributed by atoms with van der Waals surface area (Å²) in [6.45, 7) is 5.49. The maximum atomic E-state index is 13.4. The number of hydrogen-bond acceptors (Lipinski definition) is 5. The van der Waals surface area contributed by atoms with E-state index in [9.17, 15) is 4.79 Å². The Balaban J connectivity index is 1.49. The first-order chi connectivity index (χ1) is 13.3. The number of nitrogens with zero attached hydrogens (tertiary/aromatic N) is 5. The maximum absolute atomic E-state index is 13.4. The molecule has 7 heteroatoms. The number of likely N-dealkylation sites (tertiary alicyclic amines) is 1. The summed E-state index contributed by atoms with van der Waals surface area (Å²) in [6, 6.07) is 7.97. The van der Waals surface area contributed by atoms with Gasteiger partial charge in [0.1, 0.15) is 12.7 Å². The minimum atomic E-state index is 0.104. The van der Waals surface area contributed by atoms with E-state index in [4.69, 9.17) is 4.74 Å². The highest BCUT2D eigenvalue weighted by Crippen LogP contribution is 2.24. The van der Waals surface area contributed by atoms with Crippen molar-refractivity contribution in [2.75, 3.05) is 39.4 Å². The average Bonchev–Trinajstić information content (AvgIpc) is 3.27. The van der Waals surface area contributed by atoms with Crippen molar-refractivity contribution in [3.05, 3.63) is 42.5 Å². The van der Waals surface area contributed by atoms with E-state index in [1.807, 2.05) is 24.3 Å². The molecule has 144 valence electrons. The van der Waals surface area contributed by atoms with Crippen LogP contribution in [0.15, 0.2) is 36.9 Å². The molecule has 3 heterocycles. The summed E-state index contributed by atoms with van der Waals surface area (Å²) in [4.78, 5) is 22.0. The van der Waals surface area contributed by atoms with Gasteiger partial charge in [-0.1, -0.05) is 12.1 Å². The molecule has 7 nitrogen and oxygen atoms in total. The Morgan fingerprint density at radius 1 is 1.15 bits per heavy atom. The van der Waals surface area contributed by atoms with Crippen LogP contribution in [-0.2, 0) is 4.74 Å². The first kappa shape index (κ1) is 18.1. The fraction of sp³-hybridized carbons (Fsp3) is 0.550. The number of morpholine rings is 1. The fourth-order valence-electron chi connectivity index (χ4n) is 4.07. The minimum Gasteiger partial charge on any atom is -0.379 e. The Kier molecular flexibility index (Phi) is 5.79. The molecular weight excluding hydrogens is 342 g/mol. The van der Waals surface area contributed by atoms with Crippen LogP contribution in [0, 0.1) is 0 Å². The zero-order chi connectivity index (χ0) is 18.5. The van der Waals surface area contributed by atoms with Crippen LogP contribution in [0.25, 0.3) is 5.69 Å². The highest BCUT2D eigenvalue weighted by Gasteiger charge is 2.29. The molecule has 4 rings (SSSR count). The van der Waals surface area contributed by atoms with Crippen LogP contribution in [0.3, 0.4) is 0 Å². The van der Waals surface area contributed by atoms with E-state index in [-0.39, 0.29) is 5.91 Å². The summed E-state index contributed by atoms with van der Waals surface area (Å²) in [7, 11) is 0. The van der Waals surface area contributed by atoms with Gasteiger partial charge in [0.15, 0.2) is 0 Å². The van der Waals surface area contributed by atoms with E-state index < -0.39 is 0 Å². The van der Waals surface area contributed by atoms with Crippen LogP contribution >= 0.6 is 0 Å². The first-order valence-corrected chi connectivity index (χ1v) is 9.88. The number of rotatable bonds is 5. The third-order valence-electron chi connectivity index (χ3n) is 5.57. The molecule has 0 aliphatic carbocycles. The molecule has 0 radical (unpaired) electrons. The van der Waals surface area contributed by atoms with E-state index in [1.54, 1.807) is 11.0 Å². The van der Waals surface area contributed by atoms with Crippen LogP contribution in [0.2, 0.25) is 0 Å². The molecule has 0 unspecified atom stereocenters. The van der Waals surface area contributed by atoms with Crippen LogP contribution in [0.5, 0.6) is 0 Å². The normalized spacial score (nSPS) is 21.3. The number of hydrogen-bond donors (Lipinski definition) is 0. The van der Waals surface area contributed by atoms with Gasteiger partial charge in [0.05, 0.1) is 24.5 Å². The van der Waals surface area contributed by atoms with Crippen LogP contribution < -0.4 is 0 Å². The third-order valence-corrected chi connectivity index (χ3v) is 5.57. The van der Waals surface area contributed by atoms with E-state index in [2.05, 4.69) is 19.9 Å². The second-order valence-corrected chi connectivity index (χ2v) is 7.25. The Morgan fingerprint density at radius 2 is 2.00 bits per heavy atom. The molecule has 2 aliphatic rings. The monoisotopic (exact) mass is 369 g/mol. The van der Waals surface area contributed by atoms with Gasteiger partial charge in [-0.05, 0) is 37.8 Å². The summed E-state index contributed by atoms with van der Waals surface area (Å²) in [5.74, 6) is 0.104. The number of aromatic nitrogens is 3. The molecule has 2 aliphatic heterocycles. The lowest BCUT2D eigenvalue weighted by atomic mass is 9.97. The second kappa shape index (κ2) is 8.63. The number of amides is 1. The van der Waals surface area contributed by atoms with Gasteiger partial charge < -0.3 is 9.64 Å². The first-order valence-electron chi connectivity index (χ1n) is 9.88. The van der Waals surface area contributed by atoms with Crippen LogP contribution in [0.1, 0.15) is 36.0 Å². The largest absolute Gasteiger partial charge is 0.379 e. The molecular formula is C20H27N5O2. The number of para-hydroxylation sites is 1. The molecule has 2 saturated heterocycles. The lowest BCUT2D eigenvalue weighted by Crippen LogP contribution is -2.46. The molecule has 0 bridgehead atoms. The number of ether oxygens (including phenoxy) is 1. The summed E-state index contributed by atoms with van der Waals surface area (Å²) in [6.07, 6.45) is 7.51. The van der Waals surface area contributed by atoms with Crippen molar-refractivity contribution in [2.24, 2.45) is 0 Å². The Labute approximate surface area is 159 Å². The maximum Gasteiger partial charge on any atom is 0.256 e. The second-order valence-electron chi connectivity index (χ2n) is 7.25. The van der Waals surface area contributed by atoms with Gasteiger partial charge in [0, 0.05) is 32.2 Å². The van der Waals surface area contributed by atoms with Gasteiger partial charge in [0.2, 0.25) is 0 Å². The van der Waals surface area contributed by atoms with Gasteiger partial charge in [-0.2, -0.15) is 5.10 Å². The zero-order valence-electron chi connectivity index (χ0n) is 15.7.